The van der Waals surface area contributed by atoms with Crippen LogP contribution in [0.15, 0.2) is 24.4 Å². The van der Waals surface area contributed by atoms with Crippen LogP contribution in [0.4, 0.5) is 16.0 Å². The number of piperidine rings is 1. The minimum atomic E-state index is -0.929. The summed E-state index contributed by atoms with van der Waals surface area (Å²) in [5.74, 6) is 0.453. The second-order valence-corrected chi connectivity index (χ2v) is 8.80. The van der Waals surface area contributed by atoms with Crippen molar-refractivity contribution in [3.05, 3.63) is 46.5 Å². The van der Waals surface area contributed by atoms with Gasteiger partial charge in [-0.25, -0.2) is 14.4 Å². The number of hydrogen-bond acceptors (Lipinski definition) is 6. The second-order valence-electron chi connectivity index (χ2n) is 8.36. The maximum Gasteiger partial charge on any atom is 0.273 e. The van der Waals surface area contributed by atoms with E-state index < -0.39 is 11.9 Å². The van der Waals surface area contributed by atoms with Crippen molar-refractivity contribution in [2.24, 2.45) is 5.92 Å². The molecule has 1 aliphatic rings. The molecule has 0 spiro atoms. The lowest BCUT2D eigenvalue weighted by atomic mass is 9.87. The first-order valence-electron chi connectivity index (χ1n) is 10.4. The van der Waals surface area contributed by atoms with Gasteiger partial charge in [-0.05, 0) is 50.8 Å². The zero-order valence-corrected chi connectivity index (χ0v) is 19.0. The molecular weight excluding hydrogens is 421 g/mol. The van der Waals surface area contributed by atoms with Gasteiger partial charge in [-0.2, -0.15) is 0 Å². The Labute approximate surface area is 187 Å². The number of nitrogens with zero attached hydrogens (tertiary/aromatic N) is 4. The van der Waals surface area contributed by atoms with Gasteiger partial charge in [0.05, 0.1) is 12.3 Å². The minimum absolute atomic E-state index is 0.106. The molecule has 0 bridgehead atoms. The zero-order valence-electron chi connectivity index (χ0n) is 18.3. The summed E-state index contributed by atoms with van der Waals surface area (Å²) in [6, 6.07) is 4.39. The van der Waals surface area contributed by atoms with E-state index in [1.807, 2.05) is 13.8 Å². The van der Waals surface area contributed by atoms with Crippen molar-refractivity contribution in [1.29, 1.82) is 0 Å². The van der Waals surface area contributed by atoms with Crippen molar-refractivity contribution in [1.82, 2.24) is 14.9 Å². The number of nitrogens with one attached hydrogen (secondary N) is 1. The number of hydrogen-bond donors (Lipinski definition) is 2. The molecular formula is C22H29ClFN5O2. The zero-order chi connectivity index (χ0) is 22.7. The number of halogens is 2. The van der Waals surface area contributed by atoms with Crippen LogP contribution in [-0.2, 0) is 0 Å². The number of anilines is 2. The number of aromatic nitrogens is 2. The molecule has 1 saturated heterocycles. The first kappa shape index (κ1) is 23.2. The summed E-state index contributed by atoms with van der Waals surface area (Å²) >= 11 is 5.99. The number of carbonyl (C=O) groups is 1. The summed E-state index contributed by atoms with van der Waals surface area (Å²) in [7, 11) is 3.34. The molecule has 7 nitrogen and oxygen atoms in total. The molecule has 1 fully saturated rings. The van der Waals surface area contributed by atoms with Crippen molar-refractivity contribution in [2.45, 2.75) is 38.8 Å². The van der Waals surface area contributed by atoms with E-state index in [0.29, 0.717) is 42.6 Å². The quantitative estimate of drug-likeness (QED) is 0.699. The standard InChI is InChI=1S/C22H29ClFN5O2/c1-13(2)26-20-21(27-18(12-25-20)22(31)28(3)4)29-9-7-14(8-10-29)19(30)16-11-15(23)5-6-17(16)24/h5-6,11-14,19,30H,7-10H2,1-4H3,(H,25,26). The third-order valence-corrected chi connectivity index (χ3v) is 5.60. The molecule has 31 heavy (non-hydrogen) atoms. The highest BCUT2D eigenvalue weighted by atomic mass is 35.5. The van der Waals surface area contributed by atoms with E-state index in [1.165, 1.54) is 29.3 Å². The Morgan fingerprint density at radius 1 is 1.32 bits per heavy atom. The third kappa shape index (κ3) is 5.43. The highest BCUT2D eigenvalue weighted by molar-refractivity contribution is 6.30. The number of aliphatic hydroxyl groups is 1. The second kappa shape index (κ2) is 9.78. The monoisotopic (exact) mass is 449 g/mol. The van der Waals surface area contributed by atoms with Crippen molar-refractivity contribution in [3.8, 4) is 0 Å². The fraction of sp³-hybridized carbons (Fsp3) is 0.500. The Morgan fingerprint density at radius 2 is 2.00 bits per heavy atom. The van der Waals surface area contributed by atoms with Crippen LogP contribution >= 0.6 is 11.6 Å². The highest BCUT2D eigenvalue weighted by Crippen LogP contribution is 2.35. The predicted molar refractivity (Wildman–Crippen MR) is 120 cm³/mol. The van der Waals surface area contributed by atoms with Crippen LogP contribution in [-0.4, -0.2) is 59.1 Å². The van der Waals surface area contributed by atoms with Gasteiger partial charge in [0.25, 0.3) is 5.91 Å². The Morgan fingerprint density at radius 3 is 2.61 bits per heavy atom. The van der Waals surface area contributed by atoms with E-state index in [4.69, 9.17) is 11.6 Å². The fourth-order valence-corrected chi connectivity index (χ4v) is 3.91. The van der Waals surface area contributed by atoms with Crippen molar-refractivity contribution >= 4 is 29.1 Å². The average Bonchev–Trinajstić information content (AvgIpc) is 2.74. The molecule has 2 heterocycles. The molecule has 0 saturated carbocycles. The van der Waals surface area contributed by atoms with Crippen LogP contribution in [0.25, 0.3) is 0 Å². The minimum Gasteiger partial charge on any atom is -0.388 e. The molecule has 1 aromatic heterocycles. The Bertz CT molecular complexity index is 932. The lowest BCUT2D eigenvalue weighted by Crippen LogP contribution is -2.37. The van der Waals surface area contributed by atoms with Gasteiger partial charge in [0.1, 0.15) is 11.5 Å². The molecule has 1 unspecified atom stereocenters. The smallest absolute Gasteiger partial charge is 0.273 e. The van der Waals surface area contributed by atoms with E-state index in [1.54, 1.807) is 14.1 Å². The Balaban J connectivity index is 1.79. The van der Waals surface area contributed by atoms with Crippen LogP contribution in [0.1, 0.15) is 48.8 Å². The first-order chi connectivity index (χ1) is 14.7. The SMILES string of the molecule is CC(C)Nc1ncc(C(=O)N(C)C)nc1N1CCC(C(O)c2cc(Cl)ccc2F)CC1. The van der Waals surface area contributed by atoms with E-state index in [9.17, 15) is 14.3 Å². The molecule has 0 radical (unpaired) electrons. The summed E-state index contributed by atoms with van der Waals surface area (Å²) in [6.45, 7) is 5.22. The largest absolute Gasteiger partial charge is 0.388 e. The summed E-state index contributed by atoms with van der Waals surface area (Å²) in [5.41, 5.74) is 0.504. The van der Waals surface area contributed by atoms with Gasteiger partial charge in [-0.15, -0.1) is 0 Å². The van der Waals surface area contributed by atoms with Gasteiger partial charge < -0.3 is 20.2 Å². The maximum absolute atomic E-state index is 14.2. The van der Waals surface area contributed by atoms with E-state index in [-0.39, 0.29) is 29.1 Å². The van der Waals surface area contributed by atoms with Crippen molar-refractivity contribution < 1.29 is 14.3 Å². The third-order valence-electron chi connectivity index (χ3n) is 5.37. The lowest BCUT2D eigenvalue weighted by molar-refractivity contribution is 0.0821. The first-order valence-corrected chi connectivity index (χ1v) is 10.8. The van der Waals surface area contributed by atoms with Crippen LogP contribution in [0, 0.1) is 11.7 Å². The molecule has 2 N–H and O–H groups in total. The van der Waals surface area contributed by atoms with E-state index >= 15 is 0 Å². The fourth-order valence-electron chi connectivity index (χ4n) is 3.73. The van der Waals surface area contributed by atoms with Gasteiger partial charge >= 0.3 is 0 Å². The van der Waals surface area contributed by atoms with Gasteiger partial charge in [0.15, 0.2) is 11.6 Å². The van der Waals surface area contributed by atoms with E-state index in [0.717, 1.165) is 0 Å². The molecule has 1 aromatic carbocycles. The Kier molecular flexibility index (Phi) is 7.33. The predicted octanol–water partition coefficient (Wildman–Crippen LogP) is 3.74. The van der Waals surface area contributed by atoms with E-state index in [2.05, 4.69) is 20.2 Å². The highest BCUT2D eigenvalue weighted by Gasteiger charge is 2.30. The lowest BCUT2D eigenvalue weighted by Gasteiger charge is -2.36. The summed E-state index contributed by atoms with van der Waals surface area (Å²) < 4.78 is 14.2. The van der Waals surface area contributed by atoms with Gasteiger partial charge in [0, 0.05) is 43.8 Å². The number of amides is 1. The molecule has 0 aliphatic carbocycles. The summed E-state index contributed by atoms with van der Waals surface area (Å²) in [4.78, 5) is 24.9. The molecule has 2 aromatic rings. The topological polar surface area (TPSA) is 81.6 Å². The Hall–Kier alpha value is -2.45. The van der Waals surface area contributed by atoms with Crippen molar-refractivity contribution in [3.63, 3.8) is 0 Å². The van der Waals surface area contributed by atoms with Gasteiger partial charge in [-0.3, -0.25) is 4.79 Å². The molecule has 1 atom stereocenters. The normalized spacial score (nSPS) is 15.8. The molecule has 9 heteroatoms. The number of benzene rings is 1. The molecule has 3 rings (SSSR count). The number of aliphatic hydroxyl groups excluding tert-OH is 1. The van der Waals surface area contributed by atoms with Crippen LogP contribution in [0.5, 0.6) is 0 Å². The summed E-state index contributed by atoms with van der Waals surface area (Å²) in [6.07, 6.45) is 1.83. The van der Waals surface area contributed by atoms with Gasteiger partial charge in [0.2, 0.25) is 0 Å². The molecule has 1 aliphatic heterocycles. The maximum atomic E-state index is 14.2. The summed E-state index contributed by atoms with van der Waals surface area (Å²) in [5, 5.41) is 14.4. The number of carbonyl (C=O) groups excluding carboxylic acids is 1. The van der Waals surface area contributed by atoms with Crippen LogP contribution in [0.3, 0.4) is 0 Å². The average molecular weight is 450 g/mol. The molecule has 168 valence electrons. The number of rotatable bonds is 6. The van der Waals surface area contributed by atoms with Crippen LogP contribution < -0.4 is 10.2 Å². The molecule has 1 amide bonds. The van der Waals surface area contributed by atoms with Crippen molar-refractivity contribution in [2.75, 3.05) is 37.4 Å². The van der Waals surface area contributed by atoms with Gasteiger partial charge in [-0.1, -0.05) is 11.6 Å². The van der Waals surface area contributed by atoms with Crippen LogP contribution in [0.2, 0.25) is 5.02 Å².